The predicted octanol–water partition coefficient (Wildman–Crippen LogP) is 0.399. The number of carbonyl (C=O) groups is 1. The molecular weight excluding hydrogens is 242 g/mol. The van der Waals surface area contributed by atoms with Crippen LogP contribution in [0.1, 0.15) is 35.1 Å². The Morgan fingerprint density at radius 3 is 2.82 bits per heavy atom. The van der Waals surface area contributed by atoms with Crippen LogP contribution in [0, 0.1) is 0 Å². The molecule has 0 fully saturated rings. The van der Waals surface area contributed by atoms with E-state index < -0.39 is 6.04 Å². The fourth-order valence-corrected chi connectivity index (χ4v) is 2.05. The zero-order valence-electron chi connectivity index (χ0n) is 10.1. The van der Waals surface area contributed by atoms with Crippen LogP contribution in [0.2, 0.25) is 0 Å². The van der Waals surface area contributed by atoms with Crippen LogP contribution in [0.5, 0.6) is 0 Å². The number of amides is 1. The minimum Gasteiger partial charge on any atom is -0.394 e. The normalized spacial score (nSPS) is 12.8. The summed E-state index contributed by atoms with van der Waals surface area (Å²) in [6, 6.07) is -0.408. The molecule has 0 aliphatic rings. The summed E-state index contributed by atoms with van der Waals surface area (Å²) in [5.41, 5.74) is 0.682. The molecule has 0 spiro atoms. The van der Waals surface area contributed by atoms with Crippen LogP contribution in [0.15, 0.2) is 0 Å². The summed E-state index contributed by atoms with van der Waals surface area (Å²) in [5, 5.41) is 15.7. The first kappa shape index (κ1) is 14.0. The van der Waals surface area contributed by atoms with Gasteiger partial charge in [0.05, 0.1) is 24.9 Å². The number of carbonyl (C=O) groups excluding carboxylic acids is 1. The van der Waals surface area contributed by atoms with E-state index in [0.717, 1.165) is 11.5 Å². The van der Waals surface area contributed by atoms with Crippen molar-refractivity contribution >= 4 is 17.4 Å². The van der Waals surface area contributed by atoms with E-state index in [1.807, 2.05) is 13.8 Å². The Kier molecular flexibility index (Phi) is 5.46. The van der Waals surface area contributed by atoms with Crippen molar-refractivity contribution < 1.29 is 14.6 Å². The quantitative estimate of drug-likeness (QED) is 0.772. The maximum Gasteiger partial charge on any atom is 0.265 e. The summed E-state index contributed by atoms with van der Waals surface area (Å²) in [7, 11) is 1.52. The largest absolute Gasteiger partial charge is 0.394 e. The van der Waals surface area contributed by atoms with Crippen molar-refractivity contribution in [3.05, 3.63) is 10.6 Å². The van der Waals surface area contributed by atoms with Crippen molar-refractivity contribution in [1.29, 1.82) is 0 Å². The van der Waals surface area contributed by atoms with Gasteiger partial charge in [0, 0.05) is 7.11 Å². The molecule has 0 aromatic carbocycles. The van der Waals surface area contributed by atoms with E-state index in [0.29, 0.717) is 10.6 Å². The van der Waals surface area contributed by atoms with Crippen molar-refractivity contribution in [2.75, 3.05) is 20.3 Å². The van der Waals surface area contributed by atoms with Gasteiger partial charge in [0.1, 0.15) is 4.88 Å². The second-order valence-electron chi connectivity index (χ2n) is 3.95. The number of aliphatic hydroxyl groups excluding tert-OH is 1. The average Bonchev–Trinajstić information content (AvgIpc) is 2.77. The van der Waals surface area contributed by atoms with Gasteiger partial charge < -0.3 is 15.2 Å². The van der Waals surface area contributed by atoms with E-state index in [2.05, 4.69) is 14.9 Å². The van der Waals surface area contributed by atoms with E-state index in [1.54, 1.807) is 0 Å². The highest BCUT2D eigenvalue weighted by Crippen LogP contribution is 2.19. The molecule has 0 radical (unpaired) electrons. The summed E-state index contributed by atoms with van der Waals surface area (Å²) >= 11 is 1.06. The lowest BCUT2D eigenvalue weighted by Gasteiger charge is -2.14. The van der Waals surface area contributed by atoms with E-state index in [1.165, 1.54) is 7.11 Å². The molecular formula is C10H17N3O3S. The molecule has 0 saturated carbocycles. The Morgan fingerprint density at radius 1 is 1.59 bits per heavy atom. The third kappa shape index (κ3) is 3.72. The topological polar surface area (TPSA) is 84.3 Å². The molecule has 7 heteroatoms. The first-order valence-corrected chi connectivity index (χ1v) is 6.10. The molecule has 1 heterocycles. The van der Waals surface area contributed by atoms with E-state index in [9.17, 15) is 4.79 Å². The molecule has 96 valence electrons. The van der Waals surface area contributed by atoms with Crippen LogP contribution in [-0.4, -0.2) is 47.0 Å². The molecule has 1 amide bonds. The van der Waals surface area contributed by atoms with Crippen molar-refractivity contribution in [2.24, 2.45) is 0 Å². The second-order valence-corrected chi connectivity index (χ2v) is 4.70. The van der Waals surface area contributed by atoms with Crippen LogP contribution < -0.4 is 5.32 Å². The average molecular weight is 259 g/mol. The Morgan fingerprint density at radius 2 is 2.29 bits per heavy atom. The number of aromatic nitrogens is 2. The van der Waals surface area contributed by atoms with Gasteiger partial charge in [0.15, 0.2) is 0 Å². The van der Waals surface area contributed by atoms with Crippen LogP contribution in [0.25, 0.3) is 0 Å². The van der Waals surface area contributed by atoms with Gasteiger partial charge in [-0.25, -0.2) is 0 Å². The molecule has 1 aromatic rings. The summed E-state index contributed by atoms with van der Waals surface area (Å²) in [4.78, 5) is 12.4. The van der Waals surface area contributed by atoms with Gasteiger partial charge in [0.2, 0.25) is 0 Å². The van der Waals surface area contributed by atoms with Crippen molar-refractivity contribution in [2.45, 2.75) is 25.8 Å². The summed E-state index contributed by atoms with van der Waals surface area (Å²) in [6.07, 6.45) is 0. The maximum absolute atomic E-state index is 11.9. The van der Waals surface area contributed by atoms with Crippen molar-refractivity contribution in [1.82, 2.24) is 14.9 Å². The monoisotopic (exact) mass is 259 g/mol. The lowest BCUT2D eigenvalue weighted by Crippen LogP contribution is -2.40. The molecule has 0 bridgehead atoms. The lowest BCUT2D eigenvalue weighted by molar-refractivity contribution is 0.0842. The Hall–Kier alpha value is -1.05. The molecule has 6 nitrogen and oxygen atoms in total. The summed E-state index contributed by atoms with van der Waals surface area (Å²) in [5.74, 6) is -0.121. The fraction of sp³-hybridized carbons (Fsp3) is 0.700. The molecule has 1 rings (SSSR count). The Labute approximate surface area is 104 Å². The van der Waals surface area contributed by atoms with Gasteiger partial charge in [-0.05, 0) is 17.5 Å². The number of aliphatic hydroxyl groups is 1. The Balaban J connectivity index is 2.72. The lowest BCUT2D eigenvalue weighted by atomic mass is 10.1. The number of nitrogens with one attached hydrogen (secondary N) is 1. The zero-order chi connectivity index (χ0) is 12.8. The number of rotatable bonds is 6. The molecule has 2 N–H and O–H groups in total. The van der Waals surface area contributed by atoms with Crippen molar-refractivity contribution in [3.63, 3.8) is 0 Å². The number of hydrogen-bond donors (Lipinski definition) is 2. The number of nitrogens with zero attached hydrogens (tertiary/aromatic N) is 2. The van der Waals surface area contributed by atoms with Crippen LogP contribution in [-0.2, 0) is 4.74 Å². The van der Waals surface area contributed by atoms with Crippen LogP contribution in [0.3, 0.4) is 0 Å². The third-order valence-electron chi connectivity index (χ3n) is 2.19. The van der Waals surface area contributed by atoms with Gasteiger partial charge in [-0.15, -0.1) is 5.10 Å². The number of ether oxygens (including phenoxy) is 1. The van der Waals surface area contributed by atoms with Crippen LogP contribution >= 0.6 is 11.5 Å². The predicted molar refractivity (Wildman–Crippen MR) is 64.2 cm³/mol. The molecule has 0 aliphatic carbocycles. The fourth-order valence-electron chi connectivity index (χ4n) is 1.32. The summed E-state index contributed by atoms with van der Waals surface area (Å²) in [6.45, 7) is 4.01. The van der Waals surface area contributed by atoms with Crippen LogP contribution in [0.4, 0.5) is 0 Å². The molecule has 1 aromatic heterocycles. The first-order chi connectivity index (χ1) is 8.10. The maximum atomic E-state index is 11.9. The standard InChI is InChI=1S/C10H17N3O3S/c1-6(2)8-9(17-13-12-8)10(15)11-7(4-14)5-16-3/h6-7,14H,4-5H2,1-3H3,(H,11,15). The zero-order valence-corrected chi connectivity index (χ0v) is 11.0. The highest BCUT2D eigenvalue weighted by Gasteiger charge is 2.20. The van der Waals surface area contributed by atoms with Gasteiger partial charge >= 0.3 is 0 Å². The van der Waals surface area contributed by atoms with Crippen molar-refractivity contribution in [3.8, 4) is 0 Å². The van der Waals surface area contributed by atoms with E-state index in [-0.39, 0.29) is 25.0 Å². The van der Waals surface area contributed by atoms with E-state index in [4.69, 9.17) is 9.84 Å². The number of hydrogen-bond acceptors (Lipinski definition) is 6. The Bertz CT molecular complexity index is 367. The second kappa shape index (κ2) is 6.63. The molecule has 0 saturated heterocycles. The highest BCUT2D eigenvalue weighted by molar-refractivity contribution is 7.08. The smallest absolute Gasteiger partial charge is 0.265 e. The minimum atomic E-state index is -0.408. The molecule has 1 unspecified atom stereocenters. The third-order valence-corrected chi connectivity index (χ3v) is 2.93. The minimum absolute atomic E-state index is 0.143. The SMILES string of the molecule is COCC(CO)NC(=O)c1snnc1C(C)C. The van der Waals surface area contributed by atoms with Gasteiger partial charge in [-0.1, -0.05) is 18.3 Å². The molecule has 0 aliphatic heterocycles. The molecule has 17 heavy (non-hydrogen) atoms. The summed E-state index contributed by atoms with van der Waals surface area (Å²) < 4.78 is 8.67. The highest BCUT2D eigenvalue weighted by atomic mass is 32.1. The number of methoxy groups -OCH3 is 1. The first-order valence-electron chi connectivity index (χ1n) is 5.33. The van der Waals surface area contributed by atoms with E-state index >= 15 is 0 Å². The van der Waals surface area contributed by atoms with Gasteiger partial charge in [-0.3, -0.25) is 4.79 Å². The van der Waals surface area contributed by atoms with Gasteiger partial charge in [0.25, 0.3) is 5.91 Å². The molecule has 1 atom stereocenters. The van der Waals surface area contributed by atoms with Gasteiger partial charge in [-0.2, -0.15) is 0 Å².